The number of rotatable bonds is 4. The first-order valence-corrected chi connectivity index (χ1v) is 16.0. The summed E-state index contributed by atoms with van der Waals surface area (Å²) >= 11 is 0.150. The minimum atomic E-state index is -3.30. The van der Waals surface area contributed by atoms with E-state index in [9.17, 15) is 9.59 Å². The summed E-state index contributed by atoms with van der Waals surface area (Å²) in [5.74, 6) is 1.31. The summed E-state index contributed by atoms with van der Waals surface area (Å²) in [6.07, 6.45) is 1.49. The summed E-state index contributed by atoms with van der Waals surface area (Å²) in [6, 6.07) is 17.3. The first-order chi connectivity index (χ1) is 14.8. The number of carbonyl (C=O) groups is 2. The van der Waals surface area contributed by atoms with E-state index in [0.717, 1.165) is 8.04 Å². The number of halogens is 2. The van der Waals surface area contributed by atoms with E-state index in [1.54, 1.807) is 12.1 Å². The van der Waals surface area contributed by atoms with E-state index in [1.807, 2.05) is 53.5 Å². The third-order valence-electron chi connectivity index (χ3n) is 4.68. The average molecular weight is 595 g/mol. The van der Waals surface area contributed by atoms with Crippen LogP contribution in [0.15, 0.2) is 71.3 Å². The SMILES string of the molecule is C=I1(C)C(=O)C(NC(=O)c2cc(Oc3ccccc3)ccn2)COc2ccc(Br)cc21. The van der Waals surface area contributed by atoms with Crippen molar-refractivity contribution in [3.63, 3.8) is 0 Å². The molecule has 1 aromatic heterocycles. The van der Waals surface area contributed by atoms with Crippen molar-refractivity contribution in [3.05, 3.63) is 80.6 Å². The molecule has 2 heterocycles. The van der Waals surface area contributed by atoms with Gasteiger partial charge in [-0.2, -0.15) is 0 Å². The van der Waals surface area contributed by atoms with E-state index in [0.29, 0.717) is 17.2 Å². The van der Waals surface area contributed by atoms with Crippen molar-refractivity contribution in [1.82, 2.24) is 10.3 Å². The summed E-state index contributed by atoms with van der Waals surface area (Å²) in [4.78, 5) is 32.2. The Labute approximate surface area is 192 Å². The van der Waals surface area contributed by atoms with Crippen LogP contribution in [0.1, 0.15) is 10.5 Å². The van der Waals surface area contributed by atoms with Gasteiger partial charge in [0.1, 0.15) is 0 Å². The molecule has 2 atom stereocenters. The summed E-state index contributed by atoms with van der Waals surface area (Å²) in [5, 5.41) is 2.78. The predicted octanol–water partition coefficient (Wildman–Crippen LogP) is 4.63. The number of benzene rings is 2. The Morgan fingerprint density at radius 3 is 2.74 bits per heavy atom. The number of ether oxygens (including phenoxy) is 2. The van der Waals surface area contributed by atoms with Crippen molar-refractivity contribution in [2.45, 2.75) is 6.04 Å². The molecule has 0 aliphatic carbocycles. The van der Waals surface area contributed by atoms with Gasteiger partial charge in [-0.15, -0.1) is 0 Å². The second-order valence-corrected chi connectivity index (χ2v) is 15.9. The Hall–Kier alpha value is -2.59. The number of aromatic nitrogens is 1. The molecule has 2 unspecified atom stereocenters. The van der Waals surface area contributed by atoms with Crippen LogP contribution in [0.3, 0.4) is 0 Å². The van der Waals surface area contributed by atoms with Crippen LogP contribution in [0.25, 0.3) is 0 Å². The van der Waals surface area contributed by atoms with Crippen LogP contribution < -0.4 is 14.8 Å². The van der Waals surface area contributed by atoms with Gasteiger partial charge in [-0.25, -0.2) is 0 Å². The van der Waals surface area contributed by atoms with Crippen LogP contribution in [0, 0.1) is 3.57 Å². The van der Waals surface area contributed by atoms with Gasteiger partial charge in [0, 0.05) is 0 Å². The number of nitrogens with zero attached hydrogens (tertiary/aromatic N) is 1. The number of pyridine rings is 1. The van der Waals surface area contributed by atoms with Gasteiger partial charge < -0.3 is 0 Å². The summed E-state index contributed by atoms with van der Waals surface area (Å²) in [6.45, 7) is 0.0495. The molecule has 0 saturated carbocycles. The zero-order valence-electron chi connectivity index (χ0n) is 16.7. The van der Waals surface area contributed by atoms with Crippen LogP contribution in [0.5, 0.6) is 17.2 Å². The van der Waals surface area contributed by atoms with E-state index in [4.69, 9.17) is 9.47 Å². The van der Waals surface area contributed by atoms with Crippen LogP contribution in [0.2, 0.25) is 0 Å². The fourth-order valence-electron chi connectivity index (χ4n) is 3.10. The Morgan fingerprint density at radius 2 is 1.97 bits per heavy atom. The van der Waals surface area contributed by atoms with Gasteiger partial charge in [0.2, 0.25) is 0 Å². The summed E-state index contributed by atoms with van der Waals surface area (Å²) in [7, 11) is 0. The average Bonchev–Trinajstić information content (AvgIpc) is 2.85. The standard InChI is InChI=1S/C23H20BrIN2O4/c1-25(2)18-12-15(24)8-9-21(18)30-14-20(22(25)28)27-23(29)19-13-17(10-11-26-19)31-16-6-4-3-5-7-16/h3-13,20H,1,14H2,2H3,(H,27,29). The molecular weight excluding hydrogens is 575 g/mol. The molecule has 2 aromatic carbocycles. The molecule has 0 spiro atoms. The van der Waals surface area contributed by atoms with E-state index in [-0.39, 0.29) is 16.1 Å². The molecule has 1 N–H and O–H groups in total. The maximum atomic E-state index is 13.3. The summed E-state index contributed by atoms with van der Waals surface area (Å²) < 4.78 is 17.6. The van der Waals surface area contributed by atoms with Gasteiger partial charge in [0.05, 0.1) is 0 Å². The fourth-order valence-corrected chi connectivity index (χ4v) is 8.99. The van der Waals surface area contributed by atoms with Crippen LogP contribution in [-0.4, -0.2) is 36.8 Å². The maximum absolute atomic E-state index is 13.3. The molecule has 0 saturated heterocycles. The van der Waals surface area contributed by atoms with Crippen LogP contribution in [0.4, 0.5) is 0 Å². The molecule has 1 aliphatic heterocycles. The number of hydrogen-bond acceptors (Lipinski definition) is 5. The van der Waals surface area contributed by atoms with E-state index in [1.165, 1.54) is 6.20 Å². The zero-order valence-corrected chi connectivity index (χ0v) is 20.4. The Balaban J connectivity index is 1.53. The zero-order chi connectivity index (χ0) is 22.0. The molecule has 3 aromatic rings. The van der Waals surface area contributed by atoms with Gasteiger partial charge in [0.25, 0.3) is 0 Å². The fraction of sp³-hybridized carbons (Fsp3) is 0.130. The number of alkyl halides is 1. The van der Waals surface area contributed by atoms with E-state index >= 15 is 0 Å². The Morgan fingerprint density at radius 1 is 1.19 bits per heavy atom. The molecule has 0 bridgehead atoms. The third-order valence-corrected chi connectivity index (χ3v) is 11.7. The molecule has 4 rings (SSSR count). The third kappa shape index (κ3) is 4.69. The molecule has 0 fully saturated rings. The number of amides is 1. The minimum absolute atomic E-state index is 0.0495. The number of nitrogens with one attached hydrogen (secondary N) is 1. The summed E-state index contributed by atoms with van der Waals surface area (Å²) in [5.41, 5.74) is 0.156. The molecular formula is C23H20BrIN2O4. The molecule has 31 heavy (non-hydrogen) atoms. The predicted molar refractivity (Wildman–Crippen MR) is 132 cm³/mol. The van der Waals surface area contributed by atoms with Crippen molar-refractivity contribution < 1.29 is 19.1 Å². The number of hydrogen-bond donors (Lipinski definition) is 1. The Bertz CT molecular complexity index is 1200. The second kappa shape index (κ2) is 8.88. The first kappa shape index (κ1) is 21.6. The van der Waals surface area contributed by atoms with Crippen LogP contribution >= 0.6 is 33.9 Å². The topological polar surface area (TPSA) is 77.5 Å². The van der Waals surface area contributed by atoms with Gasteiger partial charge >= 0.3 is 193 Å². The van der Waals surface area contributed by atoms with Crippen molar-refractivity contribution >= 4 is 48.1 Å². The molecule has 0 radical (unpaired) electrons. The quantitative estimate of drug-likeness (QED) is 0.271. The second-order valence-electron chi connectivity index (χ2n) is 7.01. The number of fused-ring (bicyclic) bond motifs is 1. The van der Waals surface area contributed by atoms with Gasteiger partial charge in [0.15, 0.2) is 0 Å². The van der Waals surface area contributed by atoms with Gasteiger partial charge in [-0.05, 0) is 0 Å². The molecule has 6 nitrogen and oxygen atoms in total. The molecule has 1 aliphatic rings. The van der Waals surface area contributed by atoms with Crippen molar-refractivity contribution in [1.29, 1.82) is 0 Å². The van der Waals surface area contributed by atoms with Crippen LogP contribution in [-0.2, 0) is 4.79 Å². The van der Waals surface area contributed by atoms with Crippen molar-refractivity contribution in [3.8, 4) is 17.2 Å². The van der Waals surface area contributed by atoms with Crippen molar-refractivity contribution in [2.75, 3.05) is 11.5 Å². The van der Waals surface area contributed by atoms with Gasteiger partial charge in [-0.3, -0.25) is 0 Å². The molecule has 8 heteroatoms. The molecule has 1 amide bonds. The number of para-hydroxylation sites is 1. The normalized spacial score (nSPS) is 22.3. The molecule has 160 valence electrons. The Kier molecular flexibility index (Phi) is 6.19. The number of carbonyl (C=O) groups excluding carboxylic acids is 2. The first-order valence-electron chi connectivity index (χ1n) is 9.34. The van der Waals surface area contributed by atoms with Crippen molar-refractivity contribution in [2.24, 2.45) is 0 Å². The monoisotopic (exact) mass is 594 g/mol. The van der Waals surface area contributed by atoms with Gasteiger partial charge in [-0.1, -0.05) is 0 Å². The van der Waals surface area contributed by atoms with E-state index < -0.39 is 29.9 Å². The van der Waals surface area contributed by atoms with E-state index in [2.05, 4.69) is 30.7 Å².